The molecule has 1 aliphatic carbocycles. The molecule has 2 aromatic carbocycles. The number of aromatic amines is 1. The van der Waals surface area contributed by atoms with E-state index >= 15 is 0 Å². The molecule has 22 heavy (non-hydrogen) atoms. The van der Waals surface area contributed by atoms with Crippen LogP contribution in [0.25, 0.3) is 10.9 Å². The highest BCUT2D eigenvalue weighted by molar-refractivity contribution is 5.94. The van der Waals surface area contributed by atoms with E-state index < -0.39 is 5.82 Å². The van der Waals surface area contributed by atoms with E-state index in [2.05, 4.69) is 22.4 Å². The van der Waals surface area contributed by atoms with Crippen LogP contribution in [0, 0.1) is 5.82 Å². The van der Waals surface area contributed by atoms with Crippen molar-refractivity contribution < 1.29 is 9.18 Å². The molecule has 110 valence electrons. The number of hydrogen-bond acceptors (Lipinski definition) is 1. The van der Waals surface area contributed by atoms with E-state index in [1.165, 1.54) is 28.8 Å². The van der Waals surface area contributed by atoms with Crippen molar-refractivity contribution in [3.05, 3.63) is 71.2 Å². The summed E-state index contributed by atoms with van der Waals surface area (Å²) in [6, 6.07) is 14.0. The highest BCUT2D eigenvalue weighted by atomic mass is 19.1. The quantitative estimate of drug-likeness (QED) is 0.749. The monoisotopic (exact) mass is 294 g/mol. The summed E-state index contributed by atoms with van der Waals surface area (Å²) in [6.45, 7) is 0. The van der Waals surface area contributed by atoms with Crippen molar-refractivity contribution in [1.29, 1.82) is 0 Å². The predicted molar refractivity (Wildman–Crippen MR) is 83.4 cm³/mol. The molecule has 0 fully saturated rings. The minimum absolute atomic E-state index is 0.0571. The van der Waals surface area contributed by atoms with Crippen LogP contribution in [0.5, 0.6) is 0 Å². The number of hydrogen-bond donors (Lipinski definition) is 2. The topological polar surface area (TPSA) is 44.9 Å². The molecule has 0 radical (unpaired) electrons. The molecule has 0 aliphatic heterocycles. The number of aromatic nitrogens is 1. The largest absolute Gasteiger partial charge is 0.358 e. The summed E-state index contributed by atoms with van der Waals surface area (Å²) in [5.41, 5.74) is 3.97. The number of carbonyl (C=O) groups is 1. The number of halogens is 1. The van der Waals surface area contributed by atoms with Gasteiger partial charge in [-0.25, -0.2) is 4.39 Å². The Bertz CT molecular complexity index is 868. The van der Waals surface area contributed by atoms with Crippen LogP contribution in [-0.4, -0.2) is 16.9 Å². The van der Waals surface area contributed by atoms with Crippen LogP contribution in [0.3, 0.4) is 0 Å². The first-order valence-corrected chi connectivity index (χ1v) is 7.35. The maximum Gasteiger partial charge on any atom is 0.251 e. The molecule has 3 nitrogen and oxygen atoms in total. The summed E-state index contributed by atoms with van der Waals surface area (Å²) in [5.74, 6) is -0.616. The first-order chi connectivity index (χ1) is 10.7. The number of nitrogens with one attached hydrogen (secondary N) is 2. The van der Waals surface area contributed by atoms with E-state index in [9.17, 15) is 9.18 Å². The second-order valence-electron chi connectivity index (χ2n) is 5.72. The lowest BCUT2D eigenvalue weighted by molar-refractivity contribution is 0.0938. The third-order valence-electron chi connectivity index (χ3n) is 4.23. The summed E-state index contributed by atoms with van der Waals surface area (Å²) in [7, 11) is 0. The van der Waals surface area contributed by atoms with Crippen LogP contribution in [-0.2, 0) is 12.8 Å². The van der Waals surface area contributed by atoms with Crippen molar-refractivity contribution in [2.75, 3.05) is 0 Å². The standard InChI is InChI=1S/C18H15FN2O/c19-12-5-3-4-11(8-12)18(22)20-13-9-15-14-6-1-2-7-16(14)21-17(15)10-13/h1-8,13,21H,9-10H2,(H,20,22). The van der Waals surface area contributed by atoms with E-state index in [0.717, 1.165) is 18.4 Å². The molecule has 1 heterocycles. The fraction of sp³-hybridized carbons (Fsp3) is 0.167. The minimum Gasteiger partial charge on any atom is -0.358 e. The van der Waals surface area contributed by atoms with Crippen molar-refractivity contribution in [2.45, 2.75) is 18.9 Å². The SMILES string of the molecule is O=C(NC1Cc2[nH]c3ccccc3c2C1)c1cccc(F)c1. The average molecular weight is 294 g/mol. The maximum atomic E-state index is 13.2. The summed E-state index contributed by atoms with van der Waals surface area (Å²) < 4.78 is 13.2. The molecule has 2 N–H and O–H groups in total. The van der Waals surface area contributed by atoms with Gasteiger partial charge in [-0.05, 0) is 36.2 Å². The molecule has 4 heteroatoms. The molecule has 1 aromatic heterocycles. The van der Waals surface area contributed by atoms with Gasteiger partial charge in [0.2, 0.25) is 0 Å². The Kier molecular flexibility index (Phi) is 2.96. The minimum atomic E-state index is -0.393. The van der Waals surface area contributed by atoms with Crippen LogP contribution in [0.4, 0.5) is 4.39 Å². The van der Waals surface area contributed by atoms with E-state index in [1.54, 1.807) is 12.1 Å². The lowest BCUT2D eigenvalue weighted by Crippen LogP contribution is -2.35. The van der Waals surface area contributed by atoms with Crippen LogP contribution in [0.15, 0.2) is 48.5 Å². The van der Waals surface area contributed by atoms with Crippen molar-refractivity contribution in [3.8, 4) is 0 Å². The molecule has 4 rings (SSSR count). The zero-order chi connectivity index (χ0) is 15.1. The first-order valence-electron chi connectivity index (χ1n) is 7.35. The fourth-order valence-corrected chi connectivity index (χ4v) is 3.23. The molecule has 0 saturated carbocycles. The fourth-order valence-electron chi connectivity index (χ4n) is 3.23. The number of rotatable bonds is 2. The van der Waals surface area contributed by atoms with E-state index in [4.69, 9.17) is 0 Å². The van der Waals surface area contributed by atoms with Gasteiger partial charge in [0.25, 0.3) is 5.91 Å². The Balaban J connectivity index is 1.53. The number of fused-ring (bicyclic) bond motifs is 3. The molecular formula is C18H15FN2O. The van der Waals surface area contributed by atoms with Gasteiger partial charge in [0.1, 0.15) is 5.82 Å². The molecular weight excluding hydrogens is 279 g/mol. The third kappa shape index (κ3) is 2.17. The molecule has 1 aliphatic rings. The van der Waals surface area contributed by atoms with Gasteiger partial charge < -0.3 is 10.3 Å². The molecule has 3 aromatic rings. The summed E-state index contributed by atoms with van der Waals surface area (Å²) in [4.78, 5) is 15.6. The lowest BCUT2D eigenvalue weighted by Gasteiger charge is -2.12. The number of benzene rings is 2. The molecule has 0 saturated heterocycles. The summed E-state index contributed by atoms with van der Waals surface area (Å²) in [5, 5.41) is 4.22. The molecule has 1 unspecified atom stereocenters. The smallest absolute Gasteiger partial charge is 0.251 e. The Labute approximate surface area is 127 Å². The van der Waals surface area contributed by atoms with Gasteiger partial charge in [0.05, 0.1) is 0 Å². The van der Waals surface area contributed by atoms with Gasteiger partial charge in [0.15, 0.2) is 0 Å². The zero-order valence-electron chi connectivity index (χ0n) is 11.9. The van der Waals surface area contributed by atoms with E-state index in [0.29, 0.717) is 5.56 Å². The Hall–Kier alpha value is -2.62. The summed E-state index contributed by atoms with van der Waals surface area (Å²) >= 11 is 0. The lowest BCUT2D eigenvalue weighted by atomic mass is 10.1. The maximum absolute atomic E-state index is 13.2. The van der Waals surface area contributed by atoms with Crippen LogP contribution < -0.4 is 5.32 Å². The molecule has 1 amide bonds. The van der Waals surface area contributed by atoms with Gasteiger partial charge in [0, 0.05) is 34.6 Å². The second-order valence-corrected chi connectivity index (χ2v) is 5.72. The average Bonchev–Trinajstić information content (AvgIpc) is 3.04. The van der Waals surface area contributed by atoms with Gasteiger partial charge >= 0.3 is 0 Å². The van der Waals surface area contributed by atoms with Crippen LogP contribution in [0.2, 0.25) is 0 Å². The normalized spacial score (nSPS) is 16.7. The predicted octanol–water partition coefficient (Wildman–Crippen LogP) is 3.20. The third-order valence-corrected chi connectivity index (χ3v) is 4.23. The highest BCUT2D eigenvalue weighted by Gasteiger charge is 2.26. The van der Waals surface area contributed by atoms with Gasteiger partial charge in [-0.1, -0.05) is 24.3 Å². The number of amides is 1. The van der Waals surface area contributed by atoms with Crippen LogP contribution >= 0.6 is 0 Å². The van der Waals surface area contributed by atoms with Crippen molar-refractivity contribution in [3.63, 3.8) is 0 Å². The number of H-pyrrole nitrogens is 1. The molecule has 1 atom stereocenters. The first kappa shape index (κ1) is 13.1. The number of para-hydroxylation sites is 1. The van der Waals surface area contributed by atoms with E-state index in [-0.39, 0.29) is 11.9 Å². The van der Waals surface area contributed by atoms with Crippen molar-refractivity contribution in [2.24, 2.45) is 0 Å². The Morgan fingerprint density at radius 1 is 1.14 bits per heavy atom. The molecule has 0 spiro atoms. The van der Waals surface area contributed by atoms with E-state index in [1.807, 2.05) is 12.1 Å². The van der Waals surface area contributed by atoms with Crippen molar-refractivity contribution in [1.82, 2.24) is 10.3 Å². The van der Waals surface area contributed by atoms with Crippen LogP contribution in [0.1, 0.15) is 21.6 Å². The van der Waals surface area contributed by atoms with Gasteiger partial charge in [-0.2, -0.15) is 0 Å². The van der Waals surface area contributed by atoms with Crippen molar-refractivity contribution >= 4 is 16.8 Å². The second kappa shape index (κ2) is 4.98. The molecule has 0 bridgehead atoms. The van der Waals surface area contributed by atoms with Gasteiger partial charge in [-0.3, -0.25) is 4.79 Å². The summed E-state index contributed by atoms with van der Waals surface area (Å²) in [6.07, 6.45) is 1.59. The van der Waals surface area contributed by atoms with Gasteiger partial charge in [-0.15, -0.1) is 0 Å². The Morgan fingerprint density at radius 3 is 2.86 bits per heavy atom. The zero-order valence-corrected chi connectivity index (χ0v) is 11.9. The number of carbonyl (C=O) groups excluding carboxylic acids is 1. The Morgan fingerprint density at radius 2 is 2.00 bits per heavy atom. The highest BCUT2D eigenvalue weighted by Crippen LogP contribution is 2.30.